The maximum absolute atomic E-state index is 9.79. The van der Waals surface area contributed by atoms with Crippen LogP contribution < -0.4 is 0 Å². The molecular formula is C11H13N3O2S2. The van der Waals surface area contributed by atoms with Crippen LogP contribution in [-0.4, -0.2) is 37.8 Å². The molecule has 0 bridgehead atoms. The predicted molar refractivity (Wildman–Crippen MR) is 70.0 cm³/mol. The van der Waals surface area contributed by atoms with E-state index < -0.39 is 0 Å². The molecule has 18 heavy (non-hydrogen) atoms. The first-order chi connectivity index (χ1) is 8.72. The minimum absolute atomic E-state index is 0.0200. The van der Waals surface area contributed by atoms with Crippen LogP contribution in [0.1, 0.15) is 28.3 Å². The molecule has 0 aliphatic carbocycles. The van der Waals surface area contributed by atoms with Crippen molar-refractivity contribution in [3.8, 4) is 0 Å². The van der Waals surface area contributed by atoms with Gasteiger partial charge in [0.1, 0.15) is 0 Å². The van der Waals surface area contributed by atoms with Gasteiger partial charge in [-0.2, -0.15) is 16.7 Å². The third-order valence-electron chi connectivity index (χ3n) is 2.86. The molecule has 2 aromatic heterocycles. The molecule has 1 aliphatic rings. The summed E-state index contributed by atoms with van der Waals surface area (Å²) in [5.74, 6) is 2.76. The van der Waals surface area contributed by atoms with E-state index in [0.717, 1.165) is 22.2 Å². The van der Waals surface area contributed by atoms with Crippen LogP contribution in [-0.2, 0) is 6.42 Å². The highest BCUT2D eigenvalue weighted by molar-refractivity contribution is 7.99. The van der Waals surface area contributed by atoms with Crippen LogP contribution in [0, 0.1) is 6.92 Å². The third kappa shape index (κ3) is 2.43. The highest BCUT2D eigenvalue weighted by Gasteiger charge is 2.32. The Hall–Kier alpha value is -0.920. The van der Waals surface area contributed by atoms with Crippen LogP contribution in [0.3, 0.4) is 0 Å². The van der Waals surface area contributed by atoms with Gasteiger partial charge in [-0.1, -0.05) is 5.16 Å². The van der Waals surface area contributed by atoms with Crippen LogP contribution in [0.5, 0.6) is 0 Å². The van der Waals surface area contributed by atoms with Crippen molar-refractivity contribution < 1.29 is 9.63 Å². The average Bonchev–Trinajstić information content (AvgIpc) is 3.02. The van der Waals surface area contributed by atoms with Gasteiger partial charge in [-0.15, -0.1) is 11.3 Å². The molecule has 1 saturated heterocycles. The molecule has 0 radical (unpaired) electrons. The molecule has 0 amide bonds. The monoisotopic (exact) mass is 283 g/mol. The second kappa shape index (κ2) is 4.99. The van der Waals surface area contributed by atoms with Crippen LogP contribution >= 0.6 is 23.1 Å². The summed E-state index contributed by atoms with van der Waals surface area (Å²) >= 11 is 3.33. The number of rotatable bonds is 3. The van der Waals surface area contributed by atoms with Gasteiger partial charge >= 0.3 is 0 Å². The number of aliphatic hydroxyl groups is 1. The van der Waals surface area contributed by atoms with E-state index in [-0.39, 0.29) is 12.0 Å². The van der Waals surface area contributed by atoms with E-state index >= 15 is 0 Å². The molecule has 1 aliphatic heterocycles. The first kappa shape index (κ1) is 12.1. The zero-order valence-corrected chi connectivity index (χ0v) is 11.5. The minimum atomic E-state index is -0.371. The summed E-state index contributed by atoms with van der Waals surface area (Å²) in [7, 11) is 0. The summed E-state index contributed by atoms with van der Waals surface area (Å²) < 4.78 is 5.24. The second-order valence-electron chi connectivity index (χ2n) is 4.29. The zero-order chi connectivity index (χ0) is 12.5. The van der Waals surface area contributed by atoms with Crippen LogP contribution in [0.4, 0.5) is 0 Å². The second-order valence-corrected chi connectivity index (χ2v) is 6.43. The van der Waals surface area contributed by atoms with Gasteiger partial charge in [0.2, 0.25) is 5.89 Å². The molecule has 3 heterocycles. The molecule has 0 saturated carbocycles. The number of thiazole rings is 1. The number of hydrogen-bond acceptors (Lipinski definition) is 7. The number of aliphatic hydroxyl groups excluding tert-OH is 1. The summed E-state index contributed by atoms with van der Waals surface area (Å²) in [4.78, 5) is 8.73. The van der Waals surface area contributed by atoms with E-state index in [1.165, 1.54) is 0 Å². The molecule has 5 nitrogen and oxygen atoms in total. The number of hydrogen-bond donors (Lipinski definition) is 1. The van der Waals surface area contributed by atoms with E-state index in [4.69, 9.17) is 4.52 Å². The Balaban J connectivity index is 1.73. The number of aromatic nitrogens is 3. The van der Waals surface area contributed by atoms with E-state index in [1.54, 1.807) is 23.1 Å². The van der Waals surface area contributed by atoms with Gasteiger partial charge in [0.05, 0.1) is 29.1 Å². The van der Waals surface area contributed by atoms with Crippen LogP contribution in [0.2, 0.25) is 0 Å². The lowest BCUT2D eigenvalue weighted by Gasteiger charge is -2.06. The summed E-state index contributed by atoms with van der Waals surface area (Å²) in [5, 5.41) is 16.8. The molecule has 1 N–H and O–H groups in total. The Morgan fingerprint density at radius 2 is 2.33 bits per heavy atom. The summed E-state index contributed by atoms with van der Waals surface area (Å²) in [6.07, 6.45) is 0.217. The van der Waals surface area contributed by atoms with Gasteiger partial charge in [-0.25, -0.2) is 4.98 Å². The topological polar surface area (TPSA) is 72.0 Å². The highest BCUT2D eigenvalue weighted by atomic mass is 32.2. The SMILES string of the molecule is Cc1nc(Cc2noc(C3CSCC3O)n2)cs1. The normalized spacial score (nSPS) is 23.7. The van der Waals surface area contributed by atoms with E-state index in [2.05, 4.69) is 15.1 Å². The molecule has 2 aromatic rings. The van der Waals surface area contributed by atoms with Gasteiger partial charge in [0.15, 0.2) is 5.82 Å². The maximum atomic E-state index is 9.79. The number of thioether (sulfide) groups is 1. The molecule has 0 aromatic carbocycles. The Labute approximate surface area is 113 Å². The number of aryl methyl sites for hydroxylation is 1. The van der Waals surface area contributed by atoms with Crippen molar-refractivity contribution in [2.75, 3.05) is 11.5 Å². The van der Waals surface area contributed by atoms with Gasteiger partial charge in [0, 0.05) is 16.9 Å². The maximum Gasteiger partial charge on any atom is 0.233 e. The van der Waals surface area contributed by atoms with Crippen molar-refractivity contribution in [2.45, 2.75) is 25.4 Å². The Morgan fingerprint density at radius 1 is 1.44 bits per heavy atom. The fourth-order valence-electron chi connectivity index (χ4n) is 1.92. The van der Waals surface area contributed by atoms with E-state index in [0.29, 0.717) is 18.1 Å². The zero-order valence-electron chi connectivity index (χ0n) is 9.87. The van der Waals surface area contributed by atoms with Crippen molar-refractivity contribution in [3.63, 3.8) is 0 Å². The largest absolute Gasteiger partial charge is 0.391 e. The molecule has 0 spiro atoms. The van der Waals surface area contributed by atoms with Crippen molar-refractivity contribution in [3.05, 3.63) is 27.8 Å². The third-order valence-corrected chi connectivity index (χ3v) is 4.85. The predicted octanol–water partition coefficient (Wildman–Crippen LogP) is 1.62. The lowest BCUT2D eigenvalue weighted by molar-refractivity contribution is 0.164. The van der Waals surface area contributed by atoms with E-state index in [9.17, 15) is 5.11 Å². The summed E-state index contributed by atoms with van der Waals surface area (Å²) in [6.45, 7) is 1.97. The fourth-order valence-corrected chi connectivity index (χ4v) is 3.76. The first-order valence-corrected chi connectivity index (χ1v) is 7.75. The van der Waals surface area contributed by atoms with Crippen molar-refractivity contribution in [1.82, 2.24) is 15.1 Å². The van der Waals surface area contributed by atoms with Crippen molar-refractivity contribution >= 4 is 23.1 Å². The molecule has 2 atom stereocenters. The molecule has 2 unspecified atom stereocenters. The minimum Gasteiger partial charge on any atom is -0.391 e. The van der Waals surface area contributed by atoms with Gasteiger partial charge in [0.25, 0.3) is 0 Å². The summed E-state index contributed by atoms with van der Waals surface area (Å²) in [5.41, 5.74) is 0.964. The average molecular weight is 283 g/mol. The molecule has 3 rings (SSSR count). The van der Waals surface area contributed by atoms with E-state index in [1.807, 2.05) is 12.3 Å². The lowest BCUT2D eigenvalue weighted by atomic mass is 10.1. The van der Waals surface area contributed by atoms with Gasteiger partial charge in [-0.05, 0) is 6.92 Å². The molecule has 96 valence electrons. The quantitative estimate of drug-likeness (QED) is 0.923. The number of nitrogens with zero attached hydrogens (tertiary/aromatic N) is 3. The standard InChI is InChI=1S/C11H13N3O2S2/c1-6-12-7(3-18-6)2-10-13-11(16-14-10)8-4-17-5-9(8)15/h3,8-9,15H,2,4-5H2,1H3. The fraction of sp³-hybridized carbons (Fsp3) is 0.545. The molecule has 7 heteroatoms. The van der Waals surface area contributed by atoms with Crippen LogP contribution in [0.25, 0.3) is 0 Å². The van der Waals surface area contributed by atoms with Gasteiger partial charge < -0.3 is 9.63 Å². The van der Waals surface area contributed by atoms with Gasteiger partial charge in [-0.3, -0.25) is 0 Å². The first-order valence-electron chi connectivity index (χ1n) is 5.71. The summed E-state index contributed by atoms with van der Waals surface area (Å²) in [6, 6.07) is 0. The Bertz CT molecular complexity index is 540. The van der Waals surface area contributed by atoms with Crippen LogP contribution in [0.15, 0.2) is 9.90 Å². The molecule has 1 fully saturated rings. The van der Waals surface area contributed by atoms with Crippen molar-refractivity contribution in [1.29, 1.82) is 0 Å². The Kier molecular flexibility index (Phi) is 3.36. The molecular weight excluding hydrogens is 270 g/mol. The Morgan fingerprint density at radius 3 is 3.00 bits per heavy atom. The smallest absolute Gasteiger partial charge is 0.233 e. The highest BCUT2D eigenvalue weighted by Crippen LogP contribution is 2.31. The lowest BCUT2D eigenvalue weighted by Crippen LogP contribution is -2.15. The van der Waals surface area contributed by atoms with Crippen molar-refractivity contribution in [2.24, 2.45) is 0 Å².